The zero-order valence-electron chi connectivity index (χ0n) is 13.8. The summed E-state index contributed by atoms with van der Waals surface area (Å²) in [4.78, 5) is 6.84. The van der Waals surface area contributed by atoms with E-state index < -0.39 is 0 Å². The molecule has 0 amide bonds. The lowest BCUT2D eigenvalue weighted by Crippen LogP contribution is -2.52. The molecule has 2 N–H and O–H groups in total. The average molecular weight is 314 g/mol. The predicted molar refractivity (Wildman–Crippen MR) is 92.1 cm³/mol. The Balaban J connectivity index is 1.90. The maximum atomic E-state index is 10.3. The second-order valence-corrected chi connectivity index (χ2v) is 8.07. The van der Waals surface area contributed by atoms with Gasteiger partial charge in [0.1, 0.15) is 0 Å². The molecule has 3 unspecified atom stereocenters. The monoisotopic (exact) mass is 313 g/mol. The minimum absolute atomic E-state index is 0.0110. The summed E-state index contributed by atoms with van der Waals surface area (Å²) in [5, 5.41) is 14.6. The highest BCUT2D eigenvalue weighted by Gasteiger charge is 2.35. The Morgan fingerprint density at radius 1 is 1.48 bits per heavy atom. The number of nitrogens with one attached hydrogen (secondary N) is 1. The van der Waals surface area contributed by atoms with Gasteiger partial charge in [0.2, 0.25) is 0 Å². The lowest BCUT2D eigenvalue weighted by atomic mass is 9.73. The molecule has 5 heteroatoms. The molecule has 0 radical (unpaired) electrons. The zero-order valence-corrected chi connectivity index (χ0v) is 14.6. The van der Waals surface area contributed by atoms with E-state index in [1.165, 1.54) is 18.6 Å². The van der Waals surface area contributed by atoms with Crippen molar-refractivity contribution in [3.8, 4) is 0 Å². The molecule has 1 aliphatic carbocycles. The number of rotatable bonds is 3. The Morgan fingerprint density at radius 3 is 2.95 bits per heavy atom. The van der Waals surface area contributed by atoms with E-state index in [0.717, 1.165) is 44.9 Å². The molecule has 0 aromatic rings. The van der Waals surface area contributed by atoms with Crippen molar-refractivity contribution in [2.45, 2.75) is 57.3 Å². The fraction of sp³-hybridized carbons (Fsp3) is 0.938. The molecule has 1 saturated heterocycles. The number of aliphatic imine (C=N–C) groups is 1. The SMILES string of the molecule is CCC1CN(C(=NC)NCC2(C)CCCCC2O)CCS1. The van der Waals surface area contributed by atoms with E-state index in [4.69, 9.17) is 0 Å². The van der Waals surface area contributed by atoms with Crippen LogP contribution in [0.2, 0.25) is 0 Å². The van der Waals surface area contributed by atoms with Crippen LogP contribution in [0.15, 0.2) is 4.99 Å². The maximum absolute atomic E-state index is 10.3. The maximum Gasteiger partial charge on any atom is 0.193 e. The summed E-state index contributed by atoms with van der Waals surface area (Å²) in [6.07, 6.45) is 5.46. The predicted octanol–water partition coefficient (Wildman–Crippen LogP) is 2.33. The highest BCUT2D eigenvalue weighted by molar-refractivity contribution is 8.00. The van der Waals surface area contributed by atoms with Crippen molar-refractivity contribution >= 4 is 17.7 Å². The molecule has 3 atom stereocenters. The van der Waals surface area contributed by atoms with Gasteiger partial charge in [0.05, 0.1) is 6.10 Å². The Labute approximate surface area is 133 Å². The minimum Gasteiger partial charge on any atom is -0.392 e. The molecule has 122 valence electrons. The standard InChI is InChI=1S/C16H31N3OS/c1-4-13-11-19(9-10-21-13)15(17-3)18-12-16(2)8-6-5-7-14(16)20/h13-14,20H,4-12H2,1-3H3,(H,17,18). The van der Waals surface area contributed by atoms with Gasteiger partial charge >= 0.3 is 0 Å². The van der Waals surface area contributed by atoms with Gasteiger partial charge in [-0.1, -0.05) is 26.7 Å². The Hall–Kier alpha value is -0.420. The van der Waals surface area contributed by atoms with Crippen LogP contribution in [-0.4, -0.2) is 59.8 Å². The van der Waals surface area contributed by atoms with Gasteiger partial charge in [-0.15, -0.1) is 0 Å². The summed E-state index contributed by atoms with van der Waals surface area (Å²) in [6.45, 7) is 7.44. The molecular formula is C16H31N3OS. The molecule has 2 rings (SSSR count). The van der Waals surface area contributed by atoms with E-state index in [1.54, 1.807) is 0 Å². The molecule has 1 heterocycles. The van der Waals surface area contributed by atoms with Gasteiger partial charge in [-0.25, -0.2) is 0 Å². The first-order valence-corrected chi connectivity index (χ1v) is 9.39. The van der Waals surface area contributed by atoms with E-state index >= 15 is 0 Å². The Kier molecular flexibility index (Phi) is 6.23. The van der Waals surface area contributed by atoms with Gasteiger partial charge in [0.15, 0.2) is 5.96 Å². The first kappa shape index (κ1) is 16.9. The summed E-state index contributed by atoms with van der Waals surface area (Å²) in [5.74, 6) is 2.19. The van der Waals surface area contributed by atoms with Gasteiger partial charge in [-0.05, 0) is 19.3 Å². The van der Waals surface area contributed by atoms with Gasteiger partial charge < -0.3 is 15.3 Å². The second-order valence-electron chi connectivity index (χ2n) is 6.66. The van der Waals surface area contributed by atoms with E-state index in [9.17, 15) is 5.11 Å². The highest BCUT2D eigenvalue weighted by atomic mass is 32.2. The first-order valence-electron chi connectivity index (χ1n) is 8.34. The topological polar surface area (TPSA) is 47.9 Å². The van der Waals surface area contributed by atoms with Crippen LogP contribution in [0.5, 0.6) is 0 Å². The molecule has 0 spiro atoms. The molecule has 2 aliphatic rings. The van der Waals surface area contributed by atoms with Crippen LogP contribution in [-0.2, 0) is 0 Å². The van der Waals surface area contributed by atoms with Crippen LogP contribution in [0.25, 0.3) is 0 Å². The van der Waals surface area contributed by atoms with Crippen molar-refractivity contribution < 1.29 is 5.11 Å². The largest absolute Gasteiger partial charge is 0.392 e. The number of thioether (sulfide) groups is 1. The van der Waals surface area contributed by atoms with E-state index in [1.807, 2.05) is 7.05 Å². The lowest BCUT2D eigenvalue weighted by Gasteiger charge is -2.40. The van der Waals surface area contributed by atoms with Crippen molar-refractivity contribution in [3.05, 3.63) is 0 Å². The van der Waals surface area contributed by atoms with Crippen molar-refractivity contribution in [1.29, 1.82) is 0 Å². The third kappa shape index (κ3) is 4.28. The zero-order chi connectivity index (χ0) is 15.3. The van der Waals surface area contributed by atoms with Crippen LogP contribution < -0.4 is 5.32 Å². The lowest BCUT2D eigenvalue weighted by molar-refractivity contribution is 0.00366. The van der Waals surface area contributed by atoms with Gasteiger partial charge in [0, 0.05) is 43.1 Å². The van der Waals surface area contributed by atoms with Crippen molar-refractivity contribution in [1.82, 2.24) is 10.2 Å². The van der Waals surface area contributed by atoms with Gasteiger partial charge in [-0.3, -0.25) is 4.99 Å². The molecule has 2 fully saturated rings. The molecule has 1 aliphatic heterocycles. The number of aliphatic hydroxyl groups is 1. The minimum atomic E-state index is -0.183. The van der Waals surface area contributed by atoms with Crippen LogP contribution in [0.1, 0.15) is 46.0 Å². The van der Waals surface area contributed by atoms with E-state index in [0.29, 0.717) is 5.25 Å². The third-order valence-electron chi connectivity index (χ3n) is 5.04. The summed E-state index contributed by atoms with van der Waals surface area (Å²) in [6, 6.07) is 0. The Bertz CT molecular complexity index is 363. The van der Waals surface area contributed by atoms with Crippen LogP contribution >= 0.6 is 11.8 Å². The number of guanidine groups is 1. The molecule has 21 heavy (non-hydrogen) atoms. The normalized spacial score (nSPS) is 34.9. The van der Waals surface area contributed by atoms with Crippen LogP contribution in [0.3, 0.4) is 0 Å². The van der Waals surface area contributed by atoms with Gasteiger partial charge in [-0.2, -0.15) is 11.8 Å². The summed E-state index contributed by atoms with van der Waals surface area (Å²) < 4.78 is 0. The molecule has 0 bridgehead atoms. The average Bonchev–Trinajstić information content (AvgIpc) is 2.51. The fourth-order valence-corrected chi connectivity index (χ4v) is 4.54. The Morgan fingerprint density at radius 2 is 2.29 bits per heavy atom. The molecular weight excluding hydrogens is 282 g/mol. The highest BCUT2D eigenvalue weighted by Crippen LogP contribution is 2.35. The molecule has 1 saturated carbocycles. The third-order valence-corrected chi connectivity index (χ3v) is 6.41. The summed E-state index contributed by atoms with van der Waals surface area (Å²) >= 11 is 2.08. The van der Waals surface area contributed by atoms with Crippen LogP contribution in [0, 0.1) is 5.41 Å². The van der Waals surface area contributed by atoms with E-state index in [-0.39, 0.29) is 11.5 Å². The molecule has 4 nitrogen and oxygen atoms in total. The number of hydrogen-bond donors (Lipinski definition) is 2. The summed E-state index contributed by atoms with van der Waals surface area (Å²) in [5.41, 5.74) is -0.0110. The first-order chi connectivity index (χ1) is 10.1. The molecule has 0 aromatic heterocycles. The molecule has 0 aromatic carbocycles. The second kappa shape index (κ2) is 7.73. The fourth-order valence-electron chi connectivity index (χ4n) is 3.36. The quantitative estimate of drug-likeness (QED) is 0.620. The number of nitrogens with zero attached hydrogens (tertiary/aromatic N) is 2. The van der Waals surface area contributed by atoms with Crippen molar-refractivity contribution in [2.75, 3.05) is 32.4 Å². The summed E-state index contributed by atoms with van der Waals surface area (Å²) in [7, 11) is 1.87. The van der Waals surface area contributed by atoms with Crippen molar-refractivity contribution in [2.24, 2.45) is 10.4 Å². The van der Waals surface area contributed by atoms with Gasteiger partial charge in [0.25, 0.3) is 0 Å². The smallest absolute Gasteiger partial charge is 0.193 e. The van der Waals surface area contributed by atoms with Crippen LogP contribution in [0.4, 0.5) is 0 Å². The van der Waals surface area contributed by atoms with Crippen molar-refractivity contribution in [3.63, 3.8) is 0 Å². The number of hydrogen-bond acceptors (Lipinski definition) is 3. The van der Waals surface area contributed by atoms with E-state index in [2.05, 4.69) is 40.8 Å². The number of aliphatic hydroxyl groups excluding tert-OH is 1.